The number of fused-ring (bicyclic) bond motifs is 1. The Labute approximate surface area is 118 Å². The van der Waals surface area contributed by atoms with Gasteiger partial charge in [-0.15, -0.1) is 11.3 Å². The highest BCUT2D eigenvalue weighted by Gasteiger charge is 2.26. The van der Waals surface area contributed by atoms with Gasteiger partial charge in [-0.3, -0.25) is 0 Å². The topological polar surface area (TPSA) is 29.3 Å². The summed E-state index contributed by atoms with van der Waals surface area (Å²) in [5, 5.41) is 2.21. The first-order chi connectivity index (χ1) is 9.20. The first-order valence-electron chi connectivity index (χ1n) is 6.83. The molecule has 0 fully saturated rings. The van der Waals surface area contributed by atoms with E-state index in [0.29, 0.717) is 12.6 Å². The largest absolute Gasteiger partial charge is 0.364 e. The van der Waals surface area contributed by atoms with Crippen molar-refractivity contribution in [3.8, 4) is 0 Å². The number of nitrogens with zero attached hydrogens (tertiary/aromatic N) is 1. The van der Waals surface area contributed by atoms with Crippen LogP contribution in [0.15, 0.2) is 29.6 Å². The standard InChI is InChI=1S/C16H20N2S/c1-11-3-4-13(10-17)15(9-11)18-7-5-16-14(12(18)2)6-8-19-16/h3-4,6,8-9,12H,5,7,10,17H2,1-2H3. The minimum Gasteiger partial charge on any atom is -0.364 e. The van der Waals surface area contributed by atoms with Gasteiger partial charge >= 0.3 is 0 Å². The summed E-state index contributed by atoms with van der Waals surface area (Å²) >= 11 is 1.89. The number of hydrogen-bond acceptors (Lipinski definition) is 3. The molecule has 0 radical (unpaired) electrons. The summed E-state index contributed by atoms with van der Waals surface area (Å²) in [4.78, 5) is 4.05. The summed E-state index contributed by atoms with van der Waals surface area (Å²) < 4.78 is 0. The fourth-order valence-corrected chi connectivity index (χ4v) is 3.92. The highest BCUT2D eigenvalue weighted by atomic mass is 32.1. The second-order valence-electron chi connectivity index (χ2n) is 5.25. The zero-order valence-corrected chi connectivity index (χ0v) is 12.3. The minimum absolute atomic E-state index is 0.446. The fourth-order valence-electron chi connectivity index (χ4n) is 2.95. The van der Waals surface area contributed by atoms with Crippen LogP contribution in [0.1, 0.15) is 34.5 Å². The van der Waals surface area contributed by atoms with Gasteiger partial charge in [-0.05, 0) is 54.5 Å². The molecule has 0 saturated carbocycles. The van der Waals surface area contributed by atoms with Crippen LogP contribution < -0.4 is 10.6 Å². The van der Waals surface area contributed by atoms with Gasteiger partial charge < -0.3 is 10.6 Å². The summed E-state index contributed by atoms with van der Waals surface area (Å²) in [6.07, 6.45) is 1.15. The van der Waals surface area contributed by atoms with Crippen molar-refractivity contribution in [3.63, 3.8) is 0 Å². The molecule has 1 aromatic carbocycles. The average molecular weight is 272 g/mol. The van der Waals surface area contributed by atoms with E-state index in [1.54, 1.807) is 4.88 Å². The van der Waals surface area contributed by atoms with E-state index in [1.165, 1.54) is 22.4 Å². The maximum Gasteiger partial charge on any atom is 0.0525 e. The number of aryl methyl sites for hydroxylation is 1. The average Bonchev–Trinajstić information content (AvgIpc) is 2.88. The minimum atomic E-state index is 0.446. The Morgan fingerprint density at radius 3 is 3.00 bits per heavy atom. The third-order valence-electron chi connectivity index (χ3n) is 4.05. The molecule has 1 unspecified atom stereocenters. The Bertz CT molecular complexity index is 588. The maximum absolute atomic E-state index is 5.90. The molecule has 2 heterocycles. The van der Waals surface area contributed by atoms with Crippen molar-refractivity contribution in [1.29, 1.82) is 0 Å². The van der Waals surface area contributed by atoms with Gasteiger partial charge in [0.25, 0.3) is 0 Å². The molecule has 2 N–H and O–H groups in total. The SMILES string of the molecule is Cc1ccc(CN)c(N2CCc3sccc3C2C)c1. The van der Waals surface area contributed by atoms with Crippen molar-refractivity contribution in [3.05, 3.63) is 51.2 Å². The molecule has 1 atom stereocenters. The normalized spacial score (nSPS) is 18.5. The summed E-state index contributed by atoms with van der Waals surface area (Å²) in [6, 6.07) is 9.31. The molecule has 1 aliphatic rings. The molecule has 2 nitrogen and oxygen atoms in total. The van der Waals surface area contributed by atoms with Gasteiger partial charge in [0, 0.05) is 23.7 Å². The predicted octanol–water partition coefficient (Wildman–Crippen LogP) is 3.64. The molecule has 0 bridgehead atoms. The highest BCUT2D eigenvalue weighted by Crippen LogP contribution is 2.37. The van der Waals surface area contributed by atoms with Crippen LogP contribution in [0.5, 0.6) is 0 Å². The lowest BCUT2D eigenvalue weighted by Crippen LogP contribution is -2.34. The third-order valence-corrected chi connectivity index (χ3v) is 5.04. The molecular weight excluding hydrogens is 252 g/mol. The zero-order chi connectivity index (χ0) is 13.4. The highest BCUT2D eigenvalue weighted by molar-refractivity contribution is 7.10. The third kappa shape index (κ3) is 2.17. The van der Waals surface area contributed by atoms with Crippen molar-refractivity contribution in [2.45, 2.75) is 32.9 Å². The van der Waals surface area contributed by atoms with Crippen LogP contribution in [0.2, 0.25) is 0 Å². The predicted molar refractivity (Wildman–Crippen MR) is 82.9 cm³/mol. The smallest absolute Gasteiger partial charge is 0.0525 e. The lowest BCUT2D eigenvalue weighted by atomic mass is 9.98. The Morgan fingerprint density at radius 1 is 1.37 bits per heavy atom. The van der Waals surface area contributed by atoms with E-state index < -0.39 is 0 Å². The quantitative estimate of drug-likeness (QED) is 0.904. The summed E-state index contributed by atoms with van der Waals surface area (Å²) in [5.41, 5.74) is 11.2. The second-order valence-corrected chi connectivity index (χ2v) is 6.26. The Balaban J connectivity index is 2.02. The number of benzene rings is 1. The number of nitrogens with two attached hydrogens (primary N) is 1. The first kappa shape index (κ1) is 12.7. The van der Waals surface area contributed by atoms with Crippen LogP contribution in [0.25, 0.3) is 0 Å². The Hall–Kier alpha value is -1.32. The zero-order valence-electron chi connectivity index (χ0n) is 11.5. The van der Waals surface area contributed by atoms with Crippen molar-refractivity contribution < 1.29 is 0 Å². The number of anilines is 1. The van der Waals surface area contributed by atoms with Crippen LogP contribution in [0.3, 0.4) is 0 Å². The molecule has 19 heavy (non-hydrogen) atoms. The van der Waals surface area contributed by atoms with E-state index >= 15 is 0 Å². The Kier molecular flexibility index (Phi) is 3.33. The van der Waals surface area contributed by atoms with E-state index in [1.807, 2.05) is 11.3 Å². The number of thiophene rings is 1. The molecule has 0 spiro atoms. The summed E-state index contributed by atoms with van der Waals surface area (Å²) in [6.45, 7) is 6.14. The van der Waals surface area contributed by atoms with Gasteiger partial charge in [0.15, 0.2) is 0 Å². The number of hydrogen-bond donors (Lipinski definition) is 1. The van der Waals surface area contributed by atoms with Crippen LogP contribution in [0.4, 0.5) is 5.69 Å². The van der Waals surface area contributed by atoms with Crippen molar-refractivity contribution in [1.82, 2.24) is 0 Å². The molecule has 3 rings (SSSR count). The van der Waals surface area contributed by atoms with Crippen LogP contribution >= 0.6 is 11.3 Å². The summed E-state index contributed by atoms with van der Waals surface area (Å²) in [7, 11) is 0. The van der Waals surface area contributed by atoms with Gasteiger partial charge in [-0.2, -0.15) is 0 Å². The Morgan fingerprint density at radius 2 is 2.21 bits per heavy atom. The van der Waals surface area contributed by atoms with Gasteiger partial charge in [-0.1, -0.05) is 12.1 Å². The molecule has 100 valence electrons. The summed E-state index contributed by atoms with van der Waals surface area (Å²) in [5.74, 6) is 0. The fraction of sp³-hybridized carbons (Fsp3) is 0.375. The van der Waals surface area contributed by atoms with E-state index in [2.05, 4.69) is 48.4 Å². The van der Waals surface area contributed by atoms with Gasteiger partial charge in [-0.25, -0.2) is 0 Å². The molecule has 0 saturated heterocycles. The van der Waals surface area contributed by atoms with Crippen LogP contribution in [-0.2, 0) is 13.0 Å². The second kappa shape index (κ2) is 4.99. The van der Waals surface area contributed by atoms with E-state index in [-0.39, 0.29) is 0 Å². The monoisotopic (exact) mass is 272 g/mol. The van der Waals surface area contributed by atoms with E-state index in [0.717, 1.165) is 13.0 Å². The van der Waals surface area contributed by atoms with Crippen LogP contribution in [-0.4, -0.2) is 6.54 Å². The van der Waals surface area contributed by atoms with Gasteiger partial charge in [0.05, 0.1) is 6.04 Å². The van der Waals surface area contributed by atoms with Crippen molar-refractivity contribution in [2.75, 3.05) is 11.4 Å². The van der Waals surface area contributed by atoms with Gasteiger partial charge in [0.1, 0.15) is 0 Å². The number of rotatable bonds is 2. The molecule has 1 aliphatic heterocycles. The van der Waals surface area contributed by atoms with Crippen molar-refractivity contribution in [2.24, 2.45) is 5.73 Å². The molecule has 2 aromatic rings. The molecule has 0 amide bonds. The molecule has 3 heteroatoms. The van der Waals surface area contributed by atoms with E-state index in [4.69, 9.17) is 5.73 Å². The lowest BCUT2D eigenvalue weighted by molar-refractivity contribution is 0.629. The van der Waals surface area contributed by atoms with Crippen molar-refractivity contribution >= 4 is 17.0 Å². The van der Waals surface area contributed by atoms with E-state index in [9.17, 15) is 0 Å². The lowest BCUT2D eigenvalue weighted by Gasteiger charge is -2.37. The molecule has 0 aliphatic carbocycles. The first-order valence-corrected chi connectivity index (χ1v) is 7.71. The maximum atomic E-state index is 5.90. The van der Waals surface area contributed by atoms with Gasteiger partial charge in [0.2, 0.25) is 0 Å². The van der Waals surface area contributed by atoms with Crippen LogP contribution in [0, 0.1) is 6.92 Å². The molecular formula is C16H20N2S. The molecule has 1 aromatic heterocycles.